The molecule has 4 rings (SSSR count). The second kappa shape index (κ2) is 10.3. The lowest BCUT2D eigenvalue weighted by molar-refractivity contribution is -0.133. The monoisotopic (exact) mass is 454 g/mol. The Morgan fingerprint density at radius 3 is 2.55 bits per heavy atom. The summed E-state index contributed by atoms with van der Waals surface area (Å²) in [6, 6.07) is 13.9. The highest BCUT2D eigenvalue weighted by atomic mass is 19.1. The highest BCUT2D eigenvalue weighted by molar-refractivity contribution is 5.88. The van der Waals surface area contributed by atoms with E-state index in [-0.39, 0.29) is 23.7 Å². The largest absolute Gasteiger partial charge is 0.496 e. The van der Waals surface area contributed by atoms with Crippen molar-refractivity contribution in [1.29, 1.82) is 0 Å². The number of hydrogen-bond donors (Lipinski definition) is 1. The molecule has 0 aliphatic carbocycles. The van der Waals surface area contributed by atoms with Gasteiger partial charge in [0.25, 0.3) is 0 Å². The fourth-order valence-electron chi connectivity index (χ4n) is 4.87. The van der Waals surface area contributed by atoms with E-state index < -0.39 is 5.41 Å². The van der Waals surface area contributed by atoms with Crippen LogP contribution in [0.2, 0.25) is 0 Å². The lowest BCUT2D eigenvalue weighted by Gasteiger charge is -2.39. The van der Waals surface area contributed by atoms with E-state index in [1.54, 1.807) is 13.2 Å². The first-order valence-corrected chi connectivity index (χ1v) is 11.6. The number of ether oxygens (including phenoxy) is 2. The van der Waals surface area contributed by atoms with Gasteiger partial charge < -0.3 is 19.7 Å². The van der Waals surface area contributed by atoms with Gasteiger partial charge in [-0.3, -0.25) is 9.59 Å². The molecule has 2 amide bonds. The summed E-state index contributed by atoms with van der Waals surface area (Å²) in [7, 11) is 1.60. The summed E-state index contributed by atoms with van der Waals surface area (Å²) < 4.78 is 24.8. The molecule has 0 radical (unpaired) electrons. The normalized spacial score (nSPS) is 18.5. The maximum absolute atomic E-state index is 13.9. The predicted molar refractivity (Wildman–Crippen MR) is 123 cm³/mol. The zero-order valence-electron chi connectivity index (χ0n) is 19.0. The minimum atomic E-state index is -0.781. The van der Waals surface area contributed by atoms with Gasteiger partial charge in [-0.25, -0.2) is 4.39 Å². The van der Waals surface area contributed by atoms with Crippen LogP contribution in [0.25, 0.3) is 0 Å². The van der Waals surface area contributed by atoms with E-state index in [1.165, 1.54) is 12.1 Å². The Labute approximate surface area is 194 Å². The highest BCUT2D eigenvalue weighted by Gasteiger charge is 2.42. The zero-order chi connectivity index (χ0) is 23.3. The lowest BCUT2D eigenvalue weighted by atomic mass is 9.73. The summed E-state index contributed by atoms with van der Waals surface area (Å²) in [4.78, 5) is 28.1. The van der Waals surface area contributed by atoms with Crippen molar-refractivity contribution in [2.24, 2.45) is 0 Å². The van der Waals surface area contributed by atoms with Gasteiger partial charge in [0, 0.05) is 37.9 Å². The van der Waals surface area contributed by atoms with Gasteiger partial charge in [0.15, 0.2) is 0 Å². The topological polar surface area (TPSA) is 67.9 Å². The van der Waals surface area contributed by atoms with Gasteiger partial charge >= 0.3 is 0 Å². The molecule has 176 valence electrons. The van der Waals surface area contributed by atoms with Crippen LogP contribution in [0.3, 0.4) is 0 Å². The molecular weight excluding hydrogens is 423 g/mol. The Hall–Kier alpha value is -2.93. The van der Waals surface area contributed by atoms with Crippen LogP contribution in [0.5, 0.6) is 5.75 Å². The Morgan fingerprint density at radius 1 is 1.12 bits per heavy atom. The number of para-hydroxylation sites is 1. The third-order valence-electron chi connectivity index (χ3n) is 6.88. The van der Waals surface area contributed by atoms with E-state index in [2.05, 4.69) is 5.32 Å². The molecule has 2 aromatic carbocycles. The van der Waals surface area contributed by atoms with Crippen molar-refractivity contribution in [3.05, 3.63) is 65.5 Å². The van der Waals surface area contributed by atoms with Crippen LogP contribution in [0.1, 0.15) is 36.8 Å². The summed E-state index contributed by atoms with van der Waals surface area (Å²) >= 11 is 0. The molecule has 2 fully saturated rings. The van der Waals surface area contributed by atoms with Crippen LogP contribution in [0.4, 0.5) is 4.39 Å². The van der Waals surface area contributed by atoms with E-state index in [1.807, 2.05) is 35.2 Å². The highest BCUT2D eigenvalue weighted by Crippen LogP contribution is 2.36. The van der Waals surface area contributed by atoms with Crippen molar-refractivity contribution in [3.8, 4) is 5.75 Å². The van der Waals surface area contributed by atoms with Crippen LogP contribution < -0.4 is 10.1 Å². The number of carbonyl (C=O) groups is 2. The Morgan fingerprint density at radius 2 is 1.85 bits per heavy atom. The first kappa shape index (κ1) is 23.2. The van der Waals surface area contributed by atoms with Crippen molar-refractivity contribution in [2.45, 2.75) is 43.6 Å². The van der Waals surface area contributed by atoms with Crippen LogP contribution in [-0.2, 0) is 26.2 Å². The van der Waals surface area contributed by atoms with Crippen LogP contribution >= 0.6 is 0 Å². The summed E-state index contributed by atoms with van der Waals surface area (Å²) in [5.74, 6) is 0.361. The molecule has 33 heavy (non-hydrogen) atoms. The van der Waals surface area contributed by atoms with Gasteiger partial charge in [0.05, 0.1) is 18.9 Å². The van der Waals surface area contributed by atoms with Crippen molar-refractivity contribution in [2.75, 3.05) is 33.4 Å². The Bertz CT molecular complexity index is 982. The van der Waals surface area contributed by atoms with E-state index in [4.69, 9.17) is 9.47 Å². The number of nitrogens with zero attached hydrogens (tertiary/aromatic N) is 1. The smallest absolute Gasteiger partial charge is 0.231 e. The summed E-state index contributed by atoms with van der Waals surface area (Å²) in [5, 5.41) is 3.20. The Balaban J connectivity index is 1.36. The van der Waals surface area contributed by atoms with Crippen molar-refractivity contribution in [1.82, 2.24) is 10.2 Å². The molecule has 0 aromatic heterocycles. The number of methoxy groups -OCH3 is 1. The lowest BCUT2D eigenvalue weighted by Crippen LogP contribution is -2.53. The molecule has 2 saturated heterocycles. The van der Waals surface area contributed by atoms with Crippen molar-refractivity contribution < 1.29 is 23.5 Å². The van der Waals surface area contributed by atoms with E-state index >= 15 is 0 Å². The second-order valence-electron chi connectivity index (χ2n) is 8.82. The molecule has 0 unspecified atom stereocenters. The van der Waals surface area contributed by atoms with Gasteiger partial charge in [-0.2, -0.15) is 0 Å². The molecule has 0 atom stereocenters. The first-order chi connectivity index (χ1) is 16.0. The Kier molecular flexibility index (Phi) is 7.28. The zero-order valence-corrected chi connectivity index (χ0v) is 19.0. The second-order valence-corrected chi connectivity index (χ2v) is 8.82. The molecule has 0 bridgehead atoms. The number of hydrogen-bond acceptors (Lipinski definition) is 4. The average Bonchev–Trinajstić information content (AvgIpc) is 2.85. The number of likely N-dealkylation sites (tertiary alicyclic amines) is 1. The average molecular weight is 455 g/mol. The molecule has 0 spiro atoms. The third-order valence-corrected chi connectivity index (χ3v) is 6.88. The van der Waals surface area contributed by atoms with E-state index in [9.17, 15) is 14.0 Å². The molecule has 2 heterocycles. The SMILES string of the molecule is COc1ccccc1CC(=O)N1CCC(NC(=O)C2(c3cccc(F)c3)CCOCC2)CC1. The molecular formula is C26H31FN2O4. The number of amides is 2. The third kappa shape index (κ3) is 5.19. The van der Waals surface area contributed by atoms with Crippen LogP contribution in [-0.4, -0.2) is 56.2 Å². The predicted octanol–water partition coefficient (Wildman–Crippen LogP) is 3.23. The molecule has 0 saturated carbocycles. The molecule has 2 aliphatic rings. The number of rotatable bonds is 6. The fourth-order valence-corrected chi connectivity index (χ4v) is 4.87. The number of carbonyl (C=O) groups excluding carboxylic acids is 2. The number of halogens is 1. The molecule has 1 N–H and O–H groups in total. The summed E-state index contributed by atoms with van der Waals surface area (Å²) in [6.45, 7) is 2.13. The minimum Gasteiger partial charge on any atom is -0.496 e. The van der Waals surface area contributed by atoms with Gasteiger partial charge in [-0.1, -0.05) is 30.3 Å². The number of nitrogens with one attached hydrogen (secondary N) is 1. The van der Waals surface area contributed by atoms with Crippen molar-refractivity contribution in [3.63, 3.8) is 0 Å². The van der Waals surface area contributed by atoms with Crippen LogP contribution in [0.15, 0.2) is 48.5 Å². The number of benzene rings is 2. The standard InChI is InChI=1S/C26H31FN2O4/c1-32-23-8-3-2-5-19(23)17-24(30)29-13-9-22(10-14-29)28-25(31)26(11-15-33-16-12-26)20-6-4-7-21(27)18-20/h2-8,18,22H,9-17H2,1H3,(H,28,31). The van der Waals surface area contributed by atoms with Gasteiger partial charge in [0.1, 0.15) is 11.6 Å². The molecule has 6 nitrogen and oxygen atoms in total. The summed E-state index contributed by atoms with van der Waals surface area (Å²) in [6.07, 6.45) is 2.74. The quantitative estimate of drug-likeness (QED) is 0.728. The van der Waals surface area contributed by atoms with Crippen LogP contribution in [0, 0.1) is 5.82 Å². The maximum atomic E-state index is 13.9. The van der Waals surface area contributed by atoms with Gasteiger partial charge in [-0.05, 0) is 49.4 Å². The molecule has 2 aliphatic heterocycles. The van der Waals surface area contributed by atoms with Crippen molar-refractivity contribution >= 4 is 11.8 Å². The molecule has 7 heteroatoms. The van der Waals surface area contributed by atoms with Gasteiger partial charge in [-0.15, -0.1) is 0 Å². The van der Waals surface area contributed by atoms with E-state index in [0.717, 1.165) is 5.56 Å². The van der Waals surface area contributed by atoms with E-state index in [0.29, 0.717) is 69.7 Å². The first-order valence-electron chi connectivity index (χ1n) is 11.6. The van der Waals surface area contributed by atoms with Gasteiger partial charge in [0.2, 0.25) is 11.8 Å². The maximum Gasteiger partial charge on any atom is 0.231 e. The minimum absolute atomic E-state index is 0.0129. The fraction of sp³-hybridized carbons (Fsp3) is 0.462. The summed E-state index contributed by atoms with van der Waals surface area (Å²) in [5.41, 5.74) is 0.793. The molecule has 2 aromatic rings. The number of piperidine rings is 1.